The largest absolute Gasteiger partial charge is 0.366 e. The molecular weight excluding hydrogens is 250 g/mol. The number of nitrogens with two attached hydrogens (primary N) is 1. The molecule has 1 amide bonds. The highest BCUT2D eigenvalue weighted by Crippen LogP contribution is 2.29. The predicted octanol–water partition coefficient (Wildman–Crippen LogP) is 1.50. The van der Waals surface area contributed by atoms with Gasteiger partial charge in [0, 0.05) is 30.7 Å². The molecule has 0 bridgehead atoms. The van der Waals surface area contributed by atoms with E-state index in [2.05, 4.69) is 10.2 Å². The van der Waals surface area contributed by atoms with Gasteiger partial charge in [-0.15, -0.1) is 0 Å². The lowest BCUT2D eigenvalue weighted by Gasteiger charge is -2.26. The Balaban J connectivity index is 1.71. The standard InChI is InChI=1S/C16H23N3O/c17-16(20)15-6-2-1-4-12(15)10-19(14-7-8-14)11-13-5-3-9-18-13/h1-2,4,6,13-14,18H,3,5,7-11H2,(H2,17,20). The maximum atomic E-state index is 11.5. The molecule has 0 radical (unpaired) electrons. The van der Waals surface area contributed by atoms with Crippen LogP contribution in [0.25, 0.3) is 0 Å². The number of benzene rings is 1. The number of nitrogens with zero attached hydrogens (tertiary/aromatic N) is 1. The van der Waals surface area contributed by atoms with Crippen LogP contribution in [0.1, 0.15) is 41.6 Å². The Bertz CT molecular complexity index is 478. The van der Waals surface area contributed by atoms with Crippen LogP contribution >= 0.6 is 0 Å². The van der Waals surface area contributed by atoms with Crippen LogP contribution in [0.2, 0.25) is 0 Å². The molecule has 1 aliphatic heterocycles. The van der Waals surface area contributed by atoms with E-state index >= 15 is 0 Å². The van der Waals surface area contributed by atoms with E-state index in [4.69, 9.17) is 5.73 Å². The number of hydrogen-bond acceptors (Lipinski definition) is 3. The van der Waals surface area contributed by atoms with Gasteiger partial charge in [-0.2, -0.15) is 0 Å². The molecule has 0 spiro atoms. The molecule has 4 nitrogen and oxygen atoms in total. The van der Waals surface area contributed by atoms with Gasteiger partial charge in [0.05, 0.1) is 0 Å². The third-order valence-electron chi connectivity index (χ3n) is 4.34. The average Bonchev–Trinajstić information content (AvgIpc) is 3.17. The fourth-order valence-corrected chi connectivity index (χ4v) is 3.10. The van der Waals surface area contributed by atoms with E-state index in [0.717, 1.165) is 25.2 Å². The second-order valence-corrected chi connectivity index (χ2v) is 5.98. The summed E-state index contributed by atoms with van der Waals surface area (Å²) in [6.45, 7) is 3.06. The van der Waals surface area contributed by atoms with E-state index in [1.807, 2.05) is 24.3 Å². The van der Waals surface area contributed by atoms with Crippen molar-refractivity contribution in [2.45, 2.75) is 44.3 Å². The van der Waals surface area contributed by atoms with Crippen LogP contribution in [0.15, 0.2) is 24.3 Å². The Morgan fingerprint density at radius 3 is 2.75 bits per heavy atom. The Hall–Kier alpha value is -1.39. The molecule has 0 aromatic heterocycles. The van der Waals surface area contributed by atoms with Gasteiger partial charge in [0.2, 0.25) is 5.91 Å². The molecule has 1 heterocycles. The molecule has 3 rings (SSSR count). The smallest absolute Gasteiger partial charge is 0.249 e. The number of hydrogen-bond donors (Lipinski definition) is 2. The maximum absolute atomic E-state index is 11.5. The number of carbonyl (C=O) groups is 1. The normalized spacial score (nSPS) is 22.4. The number of primary amides is 1. The molecule has 1 atom stereocenters. The molecule has 1 saturated carbocycles. The number of rotatable bonds is 6. The summed E-state index contributed by atoms with van der Waals surface area (Å²) in [7, 11) is 0. The molecule has 1 aromatic rings. The first-order valence-electron chi connectivity index (χ1n) is 7.59. The number of carbonyl (C=O) groups excluding carboxylic acids is 1. The Morgan fingerprint density at radius 1 is 1.30 bits per heavy atom. The van der Waals surface area contributed by atoms with Gasteiger partial charge in [0.1, 0.15) is 0 Å². The highest BCUT2D eigenvalue weighted by molar-refractivity contribution is 5.94. The van der Waals surface area contributed by atoms with Gasteiger partial charge >= 0.3 is 0 Å². The zero-order valence-corrected chi connectivity index (χ0v) is 11.8. The molecular formula is C16H23N3O. The third-order valence-corrected chi connectivity index (χ3v) is 4.34. The predicted molar refractivity (Wildman–Crippen MR) is 79.4 cm³/mol. The first kappa shape index (κ1) is 13.6. The van der Waals surface area contributed by atoms with Crippen LogP contribution in [0.3, 0.4) is 0 Å². The zero-order chi connectivity index (χ0) is 13.9. The topological polar surface area (TPSA) is 58.4 Å². The van der Waals surface area contributed by atoms with Crippen LogP contribution in [-0.2, 0) is 6.54 Å². The van der Waals surface area contributed by atoms with Crippen LogP contribution in [0, 0.1) is 0 Å². The minimum absolute atomic E-state index is 0.324. The summed E-state index contributed by atoms with van der Waals surface area (Å²) in [5.41, 5.74) is 7.20. The third kappa shape index (κ3) is 3.19. The molecule has 2 aliphatic rings. The fraction of sp³-hybridized carbons (Fsp3) is 0.562. The lowest BCUT2D eigenvalue weighted by atomic mass is 10.1. The van der Waals surface area contributed by atoms with Gasteiger partial charge in [-0.25, -0.2) is 0 Å². The van der Waals surface area contributed by atoms with Crippen LogP contribution in [0.4, 0.5) is 0 Å². The Labute approximate surface area is 120 Å². The summed E-state index contributed by atoms with van der Waals surface area (Å²) in [5, 5.41) is 3.56. The quantitative estimate of drug-likeness (QED) is 0.826. The summed E-state index contributed by atoms with van der Waals surface area (Å²) in [6.07, 6.45) is 5.11. The molecule has 3 N–H and O–H groups in total. The van der Waals surface area contributed by atoms with E-state index in [-0.39, 0.29) is 5.91 Å². The van der Waals surface area contributed by atoms with Crippen molar-refractivity contribution in [1.29, 1.82) is 0 Å². The van der Waals surface area contributed by atoms with Crippen LogP contribution in [0.5, 0.6) is 0 Å². The lowest BCUT2D eigenvalue weighted by Crippen LogP contribution is -2.38. The summed E-state index contributed by atoms with van der Waals surface area (Å²) < 4.78 is 0. The molecule has 1 aromatic carbocycles. The van der Waals surface area contributed by atoms with Gasteiger partial charge < -0.3 is 11.1 Å². The number of amides is 1. The van der Waals surface area contributed by atoms with Gasteiger partial charge in [-0.1, -0.05) is 18.2 Å². The minimum atomic E-state index is -0.324. The fourth-order valence-electron chi connectivity index (χ4n) is 3.10. The molecule has 1 aliphatic carbocycles. The minimum Gasteiger partial charge on any atom is -0.366 e. The number of nitrogens with one attached hydrogen (secondary N) is 1. The van der Waals surface area contributed by atoms with E-state index in [1.165, 1.54) is 25.7 Å². The van der Waals surface area contributed by atoms with Crippen molar-refractivity contribution < 1.29 is 4.79 Å². The van der Waals surface area contributed by atoms with Crippen molar-refractivity contribution in [3.05, 3.63) is 35.4 Å². The van der Waals surface area contributed by atoms with Gasteiger partial charge in [-0.3, -0.25) is 9.69 Å². The maximum Gasteiger partial charge on any atom is 0.249 e. The highest BCUT2D eigenvalue weighted by atomic mass is 16.1. The zero-order valence-electron chi connectivity index (χ0n) is 11.8. The first-order chi connectivity index (χ1) is 9.74. The SMILES string of the molecule is NC(=O)c1ccccc1CN(CC1CCCN1)C1CC1. The van der Waals surface area contributed by atoms with Crippen molar-refractivity contribution in [2.24, 2.45) is 5.73 Å². The molecule has 20 heavy (non-hydrogen) atoms. The molecule has 4 heteroatoms. The van der Waals surface area contributed by atoms with Gasteiger partial charge in [0.15, 0.2) is 0 Å². The molecule has 108 valence electrons. The van der Waals surface area contributed by atoms with E-state index in [0.29, 0.717) is 17.6 Å². The van der Waals surface area contributed by atoms with Crippen molar-refractivity contribution in [1.82, 2.24) is 10.2 Å². The van der Waals surface area contributed by atoms with Gasteiger partial charge in [-0.05, 0) is 43.9 Å². The Morgan fingerprint density at radius 2 is 2.10 bits per heavy atom. The molecule has 1 saturated heterocycles. The summed E-state index contributed by atoms with van der Waals surface area (Å²) >= 11 is 0. The van der Waals surface area contributed by atoms with E-state index in [9.17, 15) is 4.79 Å². The highest BCUT2D eigenvalue weighted by Gasteiger charge is 2.31. The summed E-state index contributed by atoms with van der Waals surface area (Å²) in [4.78, 5) is 14.0. The second-order valence-electron chi connectivity index (χ2n) is 5.98. The van der Waals surface area contributed by atoms with Crippen molar-refractivity contribution in [3.8, 4) is 0 Å². The van der Waals surface area contributed by atoms with E-state index < -0.39 is 0 Å². The first-order valence-corrected chi connectivity index (χ1v) is 7.59. The van der Waals surface area contributed by atoms with Crippen molar-refractivity contribution in [2.75, 3.05) is 13.1 Å². The van der Waals surface area contributed by atoms with Crippen LogP contribution < -0.4 is 11.1 Å². The summed E-state index contributed by atoms with van der Waals surface area (Å²) in [5.74, 6) is -0.324. The van der Waals surface area contributed by atoms with Crippen molar-refractivity contribution >= 4 is 5.91 Å². The monoisotopic (exact) mass is 273 g/mol. The van der Waals surface area contributed by atoms with Gasteiger partial charge in [0.25, 0.3) is 0 Å². The van der Waals surface area contributed by atoms with Crippen molar-refractivity contribution in [3.63, 3.8) is 0 Å². The second kappa shape index (κ2) is 5.94. The molecule has 2 fully saturated rings. The Kier molecular flexibility index (Phi) is 4.03. The lowest BCUT2D eigenvalue weighted by molar-refractivity contribution is 0.0998. The van der Waals surface area contributed by atoms with E-state index in [1.54, 1.807) is 0 Å². The summed E-state index contributed by atoms with van der Waals surface area (Å²) in [6, 6.07) is 9.02. The molecule has 1 unspecified atom stereocenters. The average molecular weight is 273 g/mol. The van der Waals surface area contributed by atoms with Crippen LogP contribution in [-0.4, -0.2) is 36.0 Å².